The lowest BCUT2D eigenvalue weighted by atomic mass is 10.1. The molecule has 1 aliphatic rings. The summed E-state index contributed by atoms with van der Waals surface area (Å²) in [6, 6.07) is 1.66. The molecule has 0 amide bonds. The van der Waals surface area contributed by atoms with Gasteiger partial charge in [0.15, 0.2) is 11.9 Å². The summed E-state index contributed by atoms with van der Waals surface area (Å²) in [4.78, 5) is 8.45. The second-order valence-electron chi connectivity index (χ2n) is 5.47. The molecular formula is C14H21N5O3. The van der Waals surface area contributed by atoms with Crippen molar-refractivity contribution >= 4 is 16.9 Å². The van der Waals surface area contributed by atoms with Gasteiger partial charge in [-0.3, -0.25) is 4.57 Å². The molecule has 120 valence electrons. The summed E-state index contributed by atoms with van der Waals surface area (Å²) in [7, 11) is 0. The lowest BCUT2D eigenvalue weighted by Gasteiger charge is -2.16. The number of nitrogens with one attached hydrogen (secondary N) is 1. The predicted octanol–water partition coefficient (Wildman–Crippen LogP) is -0.368. The van der Waals surface area contributed by atoms with Crippen molar-refractivity contribution in [3.8, 4) is 0 Å². The van der Waals surface area contributed by atoms with Crippen LogP contribution in [0.25, 0.3) is 11.2 Å². The van der Waals surface area contributed by atoms with Gasteiger partial charge in [0.05, 0.1) is 12.0 Å². The predicted molar refractivity (Wildman–Crippen MR) is 81.0 cm³/mol. The fourth-order valence-electron chi connectivity index (χ4n) is 2.69. The van der Waals surface area contributed by atoms with Crippen LogP contribution in [0.5, 0.6) is 0 Å². The van der Waals surface area contributed by atoms with Gasteiger partial charge >= 0.3 is 0 Å². The van der Waals surface area contributed by atoms with Gasteiger partial charge in [-0.25, -0.2) is 9.97 Å². The molecule has 8 nitrogen and oxygen atoms in total. The van der Waals surface area contributed by atoms with Crippen LogP contribution in [-0.2, 0) is 4.74 Å². The van der Waals surface area contributed by atoms with Crippen molar-refractivity contribution in [1.82, 2.24) is 19.9 Å². The third-order valence-electron chi connectivity index (χ3n) is 3.88. The molecule has 0 aliphatic carbocycles. The number of nitrogens with zero attached hydrogens (tertiary/aromatic N) is 3. The highest BCUT2D eigenvalue weighted by Gasteiger charge is 2.43. The SMILES string of the molecule is CCCNC[C@H]1OC(n2cnc3c(N)ccnc32)[C@H](O)[C@@H]1O. The first-order valence-corrected chi connectivity index (χ1v) is 7.42. The number of rotatable bonds is 5. The first kappa shape index (κ1) is 15.2. The van der Waals surface area contributed by atoms with Crippen LogP contribution < -0.4 is 11.1 Å². The molecule has 0 bridgehead atoms. The van der Waals surface area contributed by atoms with Gasteiger partial charge < -0.3 is 26.0 Å². The Morgan fingerprint density at radius 3 is 2.95 bits per heavy atom. The molecule has 5 N–H and O–H groups in total. The zero-order valence-electron chi connectivity index (χ0n) is 12.4. The highest BCUT2D eigenvalue weighted by atomic mass is 16.6. The van der Waals surface area contributed by atoms with Gasteiger partial charge in [-0.15, -0.1) is 0 Å². The largest absolute Gasteiger partial charge is 0.397 e. The molecule has 0 spiro atoms. The number of aliphatic hydroxyl groups excluding tert-OH is 2. The lowest BCUT2D eigenvalue weighted by Crippen LogP contribution is -2.37. The third-order valence-corrected chi connectivity index (χ3v) is 3.88. The molecule has 8 heteroatoms. The van der Waals surface area contributed by atoms with Crippen molar-refractivity contribution in [3.05, 3.63) is 18.6 Å². The van der Waals surface area contributed by atoms with E-state index in [1.54, 1.807) is 16.8 Å². The maximum absolute atomic E-state index is 10.3. The molecule has 2 aromatic heterocycles. The zero-order chi connectivity index (χ0) is 15.7. The monoisotopic (exact) mass is 307 g/mol. The van der Waals surface area contributed by atoms with Crippen LogP contribution in [0.1, 0.15) is 19.6 Å². The minimum absolute atomic E-state index is 0.477. The summed E-state index contributed by atoms with van der Waals surface area (Å²) in [6.45, 7) is 3.37. The summed E-state index contributed by atoms with van der Waals surface area (Å²) in [5.41, 5.74) is 7.45. The minimum Gasteiger partial charge on any atom is -0.397 e. The smallest absolute Gasteiger partial charge is 0.165 e. The zero-order valence-corrected chi connectivity index (χ0v) is 12.4. The Hall–Kier alpha value is -1.74. The van der Waals surface area contributed by atoms with Crippen LogP contribution in [0.2, 0.25) is 0 Å². The lowest BCUT2D eigenvalue weighted by molar-refractivity contribution is -0.0341. The van der Waals surface area contributed by atoms with Gasteiger partial charge in [-0.2, -0.15) is 0 Å². The van der Waals surface area contributed by atoms with E-state index in [0.29, 0.717) is 23.4 Å². The Kier molecular flexibility index (Phi) is 4.25. The third kappa shape index (κ3) is 2.54. The standard InChI is InChI=1S/C14H21N5O3/c1-2-4-16-6-9-11(20)12(21)14(22-9)19-7-18-10-8(15)3-5-17-13(10)19/h3,5,7,9,11-12,14,16,20-21H,2,4,6H2,1H3,(H2,15,17)/t9-,11-,12-,14?/m1/s1. The molecule has 1 aliphatic heterocycles. The number of imidazole rings is 1. The van der Waals surface area contributed by atoms with Crippen LogP contribution in [0.15, 0.2) is 18.6 Å². The highest BCUT2D eigenvalue weighted by molar-refractivity contribution is 5.83. The molecule has 0 saturated carbocycles. The maximum Gasteiger partial charge on any atom is 0.165 e. The summed E-state index contributed by atoms with van der Waals surface area (Å²) < 4.78 is 7.42. The van der Waals surface area contributed by atoms with E-state index in [2.05, 4.69) is 22.2 Å². The van der Waals surface area contributed by atoms with Gasteiger partial charge in [-0.05, 0) is 19.0 Å². The van der Waals surface area contributed by atoms with Crippen molar-refractivity contribution in [1.29, 1.82) is 0 Å². The van der Waals surface area contributed by atoms with Gasteiger partial charge in [0.2, 0.25) is 0 Å². The molecule has 1 unspecified atom stereocenters. The van der Waals surface area contributed by atoms with Crippen molar-refractivity contribution in [2.45, 2.75) is 37.9 Å². The molecular weight excluding hydrogens is 286 g/mol. The summed E-state index contributed by atoms with van der Waals surface area (Å²) >= 11 is 0. The van der Waals surface area contributed by atoms with E-state index in [1.165, 1.54) is 6.33 Å². The number of aliphatic hydroxyl groups is 2. The molecule has 3 heterocycles. The summed E-state index contributed by atoms with van der Waals surface area (Å²) in [5.74, 6) is 0. The average Bonchev–Trinajstić information content (AvgIpc) is 3.05. The van der Waals surface area contributed by atoms with Gasteiger partial charge in [-0.1, -0.05) is 6.92 Å². The van der Waals surface area contributed by atoms with Crippen molar-refractivity contribution in [2.24, 2.45) is 0 Å². The molecule has 22 heavy (non-hydrogen) atoms. The van der Waals surface area contributed by atoms with Gasteiger partial charge in [0, 0.05) is 12.7 Å². The quantitative estimate of drug-likeness (QED) is 0.557. The van der Waals surface area contributed by atoms with Crippen LogP contribution in [-0.4, -0.2) is 56.1 Å². The Morgan fingerprint density at radius 2 is 2.18 bits per heavy atom. The van der Waals surface area contributed by atoms with E-state index in [-0.39, 0.29) is 0 Å². The second-order valence-corrected chi connectivity index (χ2v) is 5.47. The number of aromatic nitrogens is 3. The molecule has 3 rings (SSSR count). The molecule has 1 saturated heterocycles. The van der Waals surface area contributed by atoms with E-state index in [9.17, 15) is 10.2 Å². The minimum atomic E-state index is -1.05. The molecule has 1 fully saturated rings. The van der Waals surface area contributed by atoms with E-state index in [1.807, 2.05) is 0 Å². The number of anilines is 1. The molecule has 2 aromatic rings. The fourth-order valence-corrected chi connectivity index (χ4v) is 2.69. The van der Waals surface area contributed by atoms with Crippen molar-refractivity contribution < 1.29 is 14.9 Å². The Balaban J connectivity index is 1.83. The number of nitrogen functional groups attached to an aromatic ring is 1. The van der Waals surface area contributed by atoms with E-state index >= 15 is 0 Å². The molecule has 4 atom stereocenters. The molecule has 0 aromatic carbocycles. The van der Waals surface area contributed by atoms with Crippen LogP contribution >= 0.6 is 0 Å². The molecule has 0 radical (unpaired) electrons. The van der Waals surface area contributed by atoms with E-state index in [4.69, 9.17) is 10.5 Å². The van der Waals surface area contributed by atoms with Crippen molar-refractivity contribution in [3.63, 3.8) is 0 Å². The number of hydrogen-bond acceptors (Lipinski definition) is 7. The van der Waals surface area contributed by atoms with Crippen LogP contribution in [0, 0.1) is 0 Å². The Labute approximate surface area is 127 Å². The first-order chi connectivity index (χ1) is 10.6. The van der Waals surface area contributed by atoms with E-state index in [0.717, 1.165) is 13.0 Å². The number of ether oxygens (including phenoxy) is 1. The maximum atomic E-state index is 10.3. The first-order valence-electron chi connectivity index (χ1n) is 7.42. The Bertz CT molecular complexity index is 646. The topological polar surface area (TPSA) is 118 Å². The average molecular weight is 307 g/mol. The highest BCUT2D eigenvalue weighted by Crippen LogP contribution is 2.31. The van der Waals surface area contributed by atoms with Gasteiger partial charge in [0.25, 0.3) is 0 Å². The van der Waals surface area contributed by atoms with Gasteiger partial charge in [0.1, 0.15) is 23.8 Å². The number of nitrogens with two attached hydrogens (primary N) is 1. The number of hydrogen-bond donors (Lipinski definition) is 4. The number of fused-ring (bicyclic) bond motifs is 1. The van der Waals surface area contributed by atoms with E-state index < -0.39 is 24.5 Å². The second kappa shape index (κ2) is 6.17. The summed E-state index contributed by atoms with van der Waals surface area (Å²) in [6.07, 6.45) is 0.865. The van der Waals surface area contributed by atoms with Crippen LogP contribution in [0.4, 0.5) is 5.69 Å². The fraction of sp³-hybridized carbons (Fsp3) is 0.571. The normalized spacial score (nSPS) is 28.5. The Morgan fingerprint density at radius 1 is 1.36 bits per heavy atom. The summed E-state index contributed by atoms with van der Waals surface area (Å²) in [5, 5.41) is 23.6. The number of pyridine rings is 1. The van der Waals surface area contributed by atoms with Crippen molar-refractivity contribution in [2.75, 3.05) is 18.8 Å². The van der Waals surface area contributed by atoms with Crippen LogP contribution in [0.3, 0.4) is 0 Å².